The van der Waals surface area contributed by atoms with Crippen molar-refractivity contribution in [2.24, 2.45) is 12.0 Å². The number of hydrogen-bond acceptors (Lipinski definition) is 3. The van der Waals surface area contributed by atoms with Crippen molar-refractivity contribution in [2.45, 2.75) is 0 Å². The molecule has 31 heavy (non-hydrogen) atoms. The van der Waals surface area contributed by atoms with Crippen LogP contribution in [0.5, 0.6) is 0 Å². The first-order valence-corrected chi connectivity index (χ1v) is 10.0. The Kier molecular flexibility index (Phi) is 4.70. The molecule has 0 saturated heterocycles. The minimum atomic E-state index is 0.313. The lowest BCUT2D eigenvalue weighted by Crippen LogP contribution is -1.83. The van der Waals surface area contributed by atoms with Crippen LogP contribution in [0.25, 0.3) is 33.4 Å². The van der Waals surface area contributed by atoms with Gasteiger partial charge in [-0.3, -0.25) is 0 Å². The molecule has 5 rings (SSSR count). The second-order valence-electron chi connectivity index (χ2n) is 7.30. The molecule has 0 saturated carbocycles. The average molecular weight is 401 g/mol. The molecule has 4 heteroatoms. The number of para-hydroxylation sites is 1. The fourth-order valence-electron chi connectivity index (χ4n) is 3.89. The van der Waals surface area contributed by atoms with Crippen LogP contribution < -0.4 is 0 Å². The zero-order valence-corrected chi connectivity index (χ0v) is 17.0. The van der Waals surface area contributed by atoms with E-state index in [9.17, 15) is 5.26 Å². The molecule has 0 spiro atoms. The molecule has 2 heterocycles. The van der Waals surface area contributed by atoms with Crippen molar-refractivity contribution in [3.8, 4) is 28.5 Å². The number of aromatic nitrogens is 1. The molecule has 0 aliphatic carbocycles. The van der Waals surface area contributed by atoms with Gasteiger partial charge in [-0.1, -0.05) is 78.9 Å². The van der Waals surface area contributed by atoms with Gasteiger partial charge in [-0.25, -0.2) is 4.99 Å². The zero-order chi connectivity index (χ0) is 21.2. The Morgan fingerprint density at radius 1 is 0.871 bits per heavy atom. The van der Waals surface area contributed by atoms with E-state index in [1.807, 2.05) is 86.0 Å². The van der Waals surface area contributed by atoms with Crippen LogP contribution in [0.4, 0.5) is 5.88 Å². The van der Waals surface area contributed by atoms with Crippen LogP contribution in [0.2, 0.25) is 0 Å². The predicted octanol–water partition coefficient (Wildman–Crippen LogP) is 6.73. The van der Waals surface area contributed by atoms with E-state index in [1.54, 1.807) is 6.21 Å². The molecule has 5 aromatic rings. The SMILES string of the molecule is Cn1cc(/C=N/c2oc(-c3ccccc3)c(-c3ccccc3)c2C#N)c2ccccc21. The Hall–Kier alpha value is -4.36. The van der Waals surface area contributed by atoms with Gasteiger partial charge in [0.1, 0.15) is 17.4 Å². The van der Waals surface area contributed by atoms with E-state index in [4.69, 9.17) is 4.42 Å². The first-order valence-electron chi connectivity index (χ1n) is 10.0. The van der Waals surface area contributed by atoms with E-state index in [0.29, 0.717) is 17.2 Å². The number of aryl methyl sites for hydroxylation is 1. The predicted molar refractivity (Wildman–Crippen MR) is 124 cm³/mol. The fraction of sp³-hybridized carbons (Fsp3) is 0.0370. The summed E-state index contributed by atoms with van der Waals surface area (Å²) in [6.07, 6.45) is 3.80. The van der Waals surface area contributed by atoms with Crippen molar-refractivity contribution >= 4 is 23.0 Å². The molecular weight excluding hydrogens is 382 g/mol. The molecule has 0 fully saturated rings. The standard InChI is InChI=1S/C27H19N3O/c1-30-18-21(22-14-8-9-15-24(22)30)17-29-27-23(16-28)25(19-10-4-2-5-11-19)26(31-27)20-12-6-3-7-13-20/h2-15,17-18H,1H3/b29-17+. The number of benzene rings is 3. The van der Waals surface area contributed by atoms with Gasteiger partial charge in [-0.2, -0.15) is 5.26 Å². The topological polar surface area (TPSA) is 54.2 Å². The average Bonchev–Trinajstić information content (AvgIpc) is 3.36. The molecule has 0 radical (unpaired) electrons. The summed E-state index contributed by atoms with van der Waals surface area (Å²) in [6.45, 7) is 0. The molecule has 3 aromatic carbocycles. The van der Waals surface area contributed by atoms with Gasteiger partial charge in [0.05, 0.1) is 0 Å². The van der Waals surface area contributed by atoms with Gasteiger partial charge < -0.3 is 8.98 Å². The Morgan fingerprint density at radius 2 is 1.52 bits per heavy atom. The lowest BCUT2D eigenvalue weighted by molar-refractivity contribution is 0.593. The number of fused-ring (bicyclic) bond motifs is 1. The van der Waals surface area contributed by atoms with E-state index >= 15 is 0 Å². The van der Waals surface area contributed by atoms with Crippen LogP contribution in [0.1, 0.15) is 11.1 Å². The summed E-state index contributed by atoms with van der Waals surface area (Å²) in [6, 6.07) is 30.1. The van der Waals surface area contributed by atoms with Crippen LogP contribution >= 0.6 is 0 Å². The van der Waals surface area contributed by atoms with Crippen LogP contribution in [-0.2, 0) is 7.05 Å². The highest BCUT2D eigenvalue weighted by Crippen LogP contribution is 2.42. The van der Waals surface area contributed by atoms with Crippen molar-refractivity contribution < 1.29 is 4.42 Å². The third-order valence-electron chi connectivity index (χ3n) is 5.35. The number of aliphatic imine (C=N–C) groups is 1. The molecule has 0 bridgehead atoms. The van der Waals surface area contributed by atoms with Crippen molar-refractivity contribution in [2.75, 3.05) is 0 Å². The smallest absolute Gasteiger partial charge is 0.238 e. The van der Waals surface area contributed by atoms with Crippen LogP contribution in [0, 0.1) is 11.3 Å². The quantitative estimate of drug-likeness (QED) is 0.314. The highest BCUT2D eigenvalue weighted by molar-refractivity contribution is 6.00. The Labute approximate surface area is 180 Å². The van der Waals surface area contributed by atoms with Crippen molar-refractivity contribution in [1.29, 1.82) is 5.26 Å². The van der Waals surface area contributed by atoms with Gasteiger partial charge in [-0.15, -0.1) is 0 Å². The maximum Gasteiger partial charge on any atom is 0.238 e. The van der Waals surface area contributed by atoms with Crippen molar-refractivity contribution in [3.05, 3.63) is 102 Å². The zero-order valence-electron chi connectivity index (χ0n) is 17.0. The summed E-state index contributed by atoms with van der Waals surface area (Å²) < 4.78 is 8.25. The summed E-state index contributed by atoms with van der Waals surface area (Å²) in [5.41, 5.74) is 5.12. The summed E-state index contributed by atoms with van der Waals surface area (Å²) >= 11 is 0. The number of furan rings is 1. The number of hydrogen-bond donors (Lipinski definition) is 0. The molecule has 0 unspecified atom stereocenters. The van der Waals surface area contributed by atoms with Crippen molar-refractivity contribution in [3.63, 3.8) is 0 Å². The number of nitrogens with zero attached hydrogens (tertiary/aromatic N) is 3. The summed E-state index contributed by atoms with van der Waals surface area (Å²) in [7, 11) is 2.01. The highest BCUT2D eigenvalue weighted by Gasteiger charge is 2.22. The third kappa shape index (κ3) is 3.33. The normalized spacial score (nSPS) is 11.2. The Bertz CT molecular complexity index is 1430. The molecule has 2 aromatic heterocycles. The van der Waals surface area contributed by atoms with Gasteiger partial charge in [-0.05, 0) is 11.6 Å². The van der Waals surface area contributed by atoms with Crippen molar-refractivity contribution in [1.82, 2.24) is 4.57 Å². The minimum absolute atomic E-state index is 0.313. The van der Waals surface area contributed by atoms with Gasteiger partial charge >= 0.3 is 0 Å². The molecule has 4 nitrogen and oxygen atoms in total. The van der Waals surface area contributed by atoms with E-state index in [-0.39, 0.29) is 0 Å². The fourth-order valence-corrected chi connectivity index (χ4v) is 3.89. The van der Waals surface area contributed by atoms with Gasteiger partial charge in [0.2, 0.25) is 5.88 Å². The van der Waals surface area contributed by atoms with E-state index in [1.165, 1.54) is 0 Å². The summed E-state index contributed by atoms with van der Waals surface area (Å²) in [5, 5.41) is 11.1. The van der Waals surface area contributed by atoms with Gasteiger partial charge in [0.15, 0.2) is 0 Å². The molecular formula is C27H19N3O. The number of nitriles is 1. The maximum atomic E-state index is 10.0. The monoisotopic (exact) mass is 401 g/mol. The lowest BCUT2D eigenvalue weighted by Gasteiger charge is -2.03. The van der Waals surface area contributed by atoms with Gasteiger partial charge in [0, 0.05) is 47.1 Å². The largest absolute Gasteiger partial charge is 0.436 e. The third-order valence-corrected chi connectivity index (χ3v) is 5.35. The summed E-state index contributed by atoms with van der Waals surface area (Å²) in [5.74, 6) is 0.960. The molecule has 0 aliphatic heterocycles. The van der Waals surface area contributed by atoms with Gasteiger partial charge in [0.25, 0.3) is 0 Å². The van der Waals surface area contributed by atoms with Crippen LogP contribution in [0.15, 0.2) is 101 Å². The molecule has 0 N–H and O–H groups in total. The van der Waals surface area contributed by atoms with E-state index in [0.717, 1.165) is 33.2 Å². The van der Waals surface area contributed by atoms with Crippen LogP contribution in [0.3, 0.4) is 0 Å². The first-order chi connectivity index (χ1) is 15.3. The molecule has 0 amide bonds. The van der Waals surface area contributed by atoms with Crippen LogP contribution in [-0.4, -0.2) is 10.8 Å². The lowest BCUT2D eigenvalue weighted by atomic mass is 9.98. The molecule has 148 valence electrons. The highest BCUT2D eigenvalue weighted by atomic mass is 16.4. The first kappa shape index (κ1) is 18.7. The number of rotatable bonds is 4. The maximum absolute atomic E-state index is 10.0. The van der Waals surface area contributed by atoms with E-state index in [2.05, 4.69) is 27.8 Å². The Morgan fingerprint density at radius 3 is 2.23 bits per heavy atom. The minimum Gasteiger partial charge on any atom is -0.436 e. The molecule has 0 atom stereocenters. The molecule has 0 aliphatic rings. The van der Waals surface area contributed by atoms with E-state index < -0.39 is 0 Å². The Balaban J connectivity index is 1.68. The summed E-state index contributed by atoms with van der Waals surface area (Å²) in [4.78, 5) is 4.62. The second kappa shape index (κ2) is 7.81. The second-order valence-corrected chi connectivity index (χ2v) is 7.30.